The summed E-state index contributed by atoms with van der Waals surface area (Å²) in [4.78, 5) is 6.68. The highest BCUT2D eigenvalue weighted by atomic mass is 16.5. The van der Waals surface area contributed by atoms with E-state index in [4.69, 9.17) is 9.26 Å². The Morgan fingerprint density at radius 3 is 2.64 bits per heavy atom. The van der Waals surface area contributed by atoms with Gasteiger partial charge in [-0.2, -0.15) is 4.98 Å². The number of benzene rings is 1. The Balaban J connectivity index is 1.57. The minimum atomic E-state index is 0.360. The molecule has 1 fully saturated rings. The normalized spacial score (nSPS) is 16.4. The molecular formula is C17H23N3O2. The van der Waals surface area contributed by atoms with Crippen molar-refractivity contribution in [2.75, 3.05) is 24.6 Å². The van der Waals surface area contributed by atoms with E-state index in [0.29, 0.717) is 23.9 Å². The summed E-state index contributed by atoms with van der Waals surface area (Å²) in [5.41, 5.74) is 0.955. The van der Waals surface area contributed by atoms with Crippen LogP contribution in [0.25, 0.3) is 11.5 Å². The van der Waals surface area contributed by atoms with E-state index in [1.165, 1.54) is 0 Å². The zero-order valence-corrected chi connectivity index (χ0v) is 13.2. The Morgan fingerprint density at radius 1 is 1.23 bits per heavy atom. The summed E-state index contributed by atoms with van der Waals surface area (Å²) in [5, 5.41) is 4.11. The van der Waals surface area contributed by atoms with Crippen molar-refractivity contribution in [3.8, 4) is 11.5 Å². The molecule has 3 rings (SSSR count). The second kappa shape index (κ2) is 6.92. The lowest BCUT2D eigenvalue weighted by molar-refractivity contribution is 0.0213. The lowest BCUT2D eigenvalue weighted by Gasteiger charge is -2.31. The van der Waals surface area contributed by atoms with E-state index in [-0.39, 0.29) is 0 Å². The molecule has 0 amide bonds. The second-order valence-corrected chi connectivity index (χ2v) is 6.18. The number of aromatic nitrogens is 2. The van der Waals surface area contributed by atoms with Gasteiger partial charge >= 0.3 is 0 Å². The molecule has 118 valence electrons. The van der Waals surface area contributed by atoms with E-state index in [2.05, 4.69) is 28.9 Å². The number of ether oxygens (including phenoxy) is 1. The molecule has 1 aliphatic rings. The first kappa shape index (κ1) is 15.0. The largest absolute Gasteiger partial charge is 0.378 e. The predicted octanol–water partition coefficient (Wildman–Crippen LogP) is 3.38. The highest BCUT2D eigenvalue weighted by molar-refractivity contribution is 5.54. The molecule has 1 aromatic heterocycles. The first-order valence-electron chi connectivity index (χ1n) is 7.98. The molecule has 0 radical (unpaired) electrons. The van der Waals surface area contributed by atoms with Crippen molar-refractivity contribution in [2.45, 2.75) is 32.8 Å². The van der Waals surface area contributed by atoms with Crippen LogP contribution in [0.1, 0.15) is 26.7 Å². The molecule has 1 saturated heterocycles. The summed E-state index contributed by atoms with van der Waals surface area (Å²) < 4.78 is 11.3. The number of piperidine rings is 1. The van der Waals surface area contributed by atoms with E-state index < -0.39 is 0 Å². The summed E-state index contributed by atoms with van der Waals surface area (Å²) in [5.74, 6) is 1.85. The fourth-order valence-corrected chi connectivity index (χ4v) is 2.59. The molecule has 22 heavy (non-hydrogen) atoms. The third kappa shape index (κ3) is 3.65. The smallest absolute Gasteiger partial charge is 0.266 e. The number of hydrogen-bond donors (Lipinski definition) is 0. The Hall–Kier alpha value is -1.88. The highest BCUT2D eigenvalue weighted by Gasteiger charge is 2.23. The molecule has 2 aromatic rings. The Kier molecular flexibility index (Phi) is 4.73. The molecule has 5 nitrogen and oxygen atoms in total. The molecule has 2 heterocycles. The zero-order valence-electron chi connectivity index (χ0n) is 13.2. The van der Waals surface area contributed by atoms with Gasteiger partial charge in [-0.1, -0.05) is 32.0 Å². The summed E-state index contributed by atoms with van der Waals surface area (Å²) in [6.45, 7) is 7.02. The first-order valence-corrected chi connectivity index (χ1v) is 7.98. The quantitative estimate of drug-likeness (QED) is 0.847. The minimum absolute atomic E-state index is 0.360. The zero-order chi connectivity index (χ0) is 15.4. The number of nitrogens with zero attached hydrogens (tertiary/aromatic N) is 3. The van der Waals surface area contributed by atoms with Gasteiger partial charge in [-0.3, -0.25) is 0 Å². The molecule has 1 aliphatic heterocycles. The molecule has 0 aliphatic carbocycles. The van der Waals surface area contributed by atoms with E-state index in [1.54, 1.807) is 0 Å². The van der Waals surface area contributed by atoms with E-state index >= 15 is 0 Å². The third-order valence-corrected chi connectivity index (χ3v) is 3.83. The van der Waals surface area contributed by atoms with Gasteiger partial charge in [0.1, 0.15) is 0 Å². The van der Waals surface area contributed by atoms with Crippen molar-refractivity contribution < 1.29 is 9.26 Å². The predicted molar refractivity (Wildman–Crippen MR) is 85.8 cm³/mol. The van der Waals surface area contributed by atoms with E-state index in [1.807, 2.05) is 30.3 Å². The van der Waals surface area contributed by atoms with Crippen molar-refractivity contribution in [3.63, 3.8) is 0 Å². The Labute approximate surface area is 131 Å². The molecule has 0 atom stereocenters. The highest BCUT2D eigenvalue weighted by Crippen LogP contribution is 2.23. The lowest BCUT2D eigenvalue weighted by Crippen LogP contribution is -2.38. The topological polar surface area (TPSA) is 51.4 Å². The van der Waals surface area contributed by atoms with Gasteiger partial charge < -0.3 is 14.2 Å². The summed E-state index contributed by atoms with van der Waals surface area (Å²) in [6, 6.07) is 9.86. The Bertz CT molecular complexity index is 575. The molecule has 5 heteroatoms. The monoisotopic (exact) mass is 301 g/mol. The summed E-state index contributed by atoms with van der Waals surface area (Å²) >= 11 is 0. The fraction of sp³-hybridized carbons (Fsp3) is 0.529. The average molecular weight is 301 g/mol. The molecule has 0 spiro atoms. The van der Waals surface area contributed by atoms with Gasteiger partial charge in [0, 0.05) is 25.3 Å². The van der Waals surface area contributed by atoms with Gasteiger partial charge in [-0.15, -0.1) is 0 Å². The maximum Gasteiger partial charge on any atom is 0.266 e. The van der Waals surface area contributed by atoms with E-state index in [0.717, 1.165) is 38.1 Å². The van der Waals surface area contributed by atoms with Crippen molar-refractivity contribution in [1.29, 1.82) is 0 Å². The van der Waals surface area contributed by atoms with Crippen LogP contribution in [0.4, 0.5) is 5.95 Å². The van der Waals surface area contributed by atoms with Crippen LogP contribution in [0.5, 0.6) is 0 Å². The van der Waals surface area contributed by atoms with Gasteiger partial charge in [-0.25, -0.2) is 0 Å². The molecule has 0 saturated carbocycles. The van der Waals surface area contributed by atoms with Crippen LogP contribution < -0.4 is 4.90 Å². The van der Waals surface area contributed by atoms with Gasteiger partial charge in [0.05, 0.1) is 6.10 Å². The van der Waals surface area contributed by atoms with Gasteiger partial charge in [-0.05, 0) is 36.0 Å². The third-order valence-electron chi connectivity index (χ3n) is 3.83. The molecule has 0 unspecified atom stereocenters. The second-order valence-electron chi connectivity index (χ2n) is 6.18. The van der Waals surface area contributed by atoms with Crippen LogP contribution in [0.2, 0.25) is 0 Å². The number of rotatable bonds is 5. The molecule has 1 aromatic carbocycles. The fourth-order valence-electron chi connectivity index (χ4n) is 2.59. The molecule has 0 N–H and O–H groups in total. The van der Waals surface area contributed by atoms with Gasteiger partial charge in [0.2, 0.25) is 0 Å². The summed E-state index contributed by atoms with van der Waals surface area (Å²) in [7, 11) is 0. The van der Waals surface area contributed by atoms with Crippen molar-refractivity contribution in [3.05, 3.63) is 30.3 Å². The maximum absolute atomic E-state index is 5.91. The van der Waals surface area contributed by atoms with Crippen molar-refractivity contribution >= 4 is 5.95 Å². The lowest BCUT2D eigenvalue weighted by atomic mass is 10.1. The number of hydrogen-bond acceptors (Lipinski definition) is 5. The first-order chi connectivity index (χ1) is 10.7. The average Bonchev–Trinajstić information content (AvgIpc) is 3.04. The maximum atomic E-state index is 5.91. The van der Waals surface area contributed by atoms with E-state index in [9.17, 15) is 0 Å². The van der Waals surface area contributed by atoms with Crippen LogP contribution in [-0.2, 0) is 4.74 Å². The van der Waals surface area contributed by atoms with Gasteiger partial charge in [0.25, 0.3) is 11.8 Å². The molecule has 0 bridgehead atoms. The van der Waals surface area contributed by atoms with Crippen molar-refractivity contribution in [1.82, 2.24) is 10.1 Å². The number of anilines is 1. The SMILES string of the molecule is CC(C)COC1CCN(c2noc(-c3ccccc3)n2)CC1. The Morgan fingerprint density at radius 2 is 1.95 bits per heavy atom. The van der Waals surface area contributed by atoms with Crippen LogP contribution >= 0.6 is 0 Å². The summed E-state index contributed by atoms with van der Waals surface area (Å²) in [6.07, 6.45) is 2.39. The van der Waals surface area contributed by atoms with Crippen molar-refractivity contribution in [2.24, 2.45) is 5.92 Å². The minimum Gasteiger partial charge on any atom is -0.378 e. The van der Waals surface area contributed by atoms with Crippen LogP contribution in [0.15, 0.2) is 34.9 Å². The van der Waals surface area contributed by atoms with Crippen LogP contribution in [0.3, 0.4) is 0 Å². The van der Waals surface area contributed by atoms with Crippen LogP contribution in [0, 0.1) is 5.92 Å². The van der Waals surface area contributed by atoms with Crippen LogP contribution in [-0.4, -0.2) is 35.9 Å². The standard InChI is InChI=1S/C17H23N3O2/c1-13(2)12-21-15-8-10-20(11-9-15)17-18-16(22-19-17)14-6-4-3-5-7-14/h3-7,13,15H,8-12H2,1-2H3. The van der Waals surface area contributed by atoms with Gasteiger partial charge in [0.15, 0.2) is 0 Å². The molecular weight excluding hydrogens is 278 g/mol.